The summed E-state index contributed by atoms with van der Waals surface area (Å²) >= 11 is 0. The molecular weight excluding hydrogens is 528 g/mol. The minimum absolute atomic E-state index is 0.151. The molecule has 0 radical (unpaired) electrons. The van der Waals surface area contributed by atoms with E-state index >= 15 is 0 Å². The fourth-order valence-corrected chi connectivity index (χ4v) is 4.58. The number of alkyl halides is 4. The molecule has 0 aliphatic carbocycles. The molecule has 4 N–H and O–H groups in total. The molecule has 12 heteroatoms. The van der Waals surface area contributed by atoms with E-state index in [1.54, 1.807) is 60.9 Å². The third-order valence-electron chi connectivity index (χ3n) is 6.60. The van der Waals surface area contributed by atoms with E-state index in [0.29, 0.717) is 58.9 Å². The van der Waals surface area contributed by atoms with Crippen LogP contribution in [-0.2, 0) is 0 Å². The van der Waals surface area contributed by atoms with Crippen LogP contribution in [0, 0.1) is 6.92 Å². The van der Waals surface area contributed by atoms with Crippen LogP contribution in [-0.4, -0.2) is 64.2 Å². The van der Waals surface area contributed by atoms with Gasteiger partial charge in [-0.1, -0.05) is 24.3 Å². The van der Waals surface area contributed by atoms with Gasteiger partial charge in [-0.15, -0.1) is 0 Å². The molecule has 3 heterocycles. The molecule has 1 unspecified atom stereocenters. The number of aryl methyl sites for hydroxylation is 1. The summed E-state index contributed by atoms with van der Waals surface area (Å²) < 4.78 is 58.6. The number of nitrogens with one attached hydrogen (secondary N) is 3. The molecule has 2 aromatic heterocycles. The lowest BCUT2D eigenvalue weighted by atomic mass is 10.0. The molecule has 4 aromatic rings. The monoisotopic (exact) mass is 556 g/mol. The Balaban J connectivity index is 1.43. The van der Waals surface area contributed by atoms with E-state index in [4.69, 9.17) is 4.74 Å². The van der Waals surface area contributed by atoms with E-state index in [9.17, 15) is 22.7 Å². The lowest BCUT2D eigenvalue weighted by Crippen LogP contribution is -2.44. The van der Waals surface area contributed by atoms with Gasteiger partial charge < -0.3 is 25.8 Å². The van der Waals surface area contributed by atoms with Gasteiger partial charge in [0.15, 0.2) is 6.10 Å². The Bertz CT molecular complexity index is 1490. The highest BCUT2D eigenvalue weighted by molar-refractivity contribution is 5.98. The highest BCUT2D eigenvalue weighted by Crippen LogP contribution is 2.38. The predicted molar refractivity (Wildman–Crippen MR) is 144 cm³/mol. The number of rotatable bonds is 8. The third kappa shape index (κ3) is 6.23. The Hall–Kier alpha value is -4.03. The molecule has 1 saturated heterocycles. The van der Waals surface area contributed by atoms with Crippen molar-refractivity contribution in [3.05, 3.63) is 66.5 Å². The first kappa shape index (κ1) is 27.5. The number of aromatic nitrogens is 3. The number of benzene rings is 2. The zero-order valence-corrected chi connectivity index (χ0v) is 21.5. The van der Waals surface area contributed by atoms with Gasteiger partial charge >= 0.3 is 6.18 Å². The summed E-state index contributed by atoms with van der Waals surface area (Å²) in [4.78, 5) is 13.3. The number of halogens is 4. The first-order chi connectivity index (χ1) is 19.2. The van der Waals surface area contributed by atoms with Crippen molar-refractivity contribution in [1.29, 1.82) is 0 Å². The van der Waals surface area contributed by atoms with Crippen LogP contribution in [0.5, 0.6) is 11.6 Å². The van der Waals surface area contributed by atoms with Gasteiger partial charge in [0.1, 0.15) is 11.9 Å². The first-order valence-electron chi connectivity index (χ1n) is 12.8. The molecule has 1 aliphatic heterocycles. The van der Waals surface area contributed by atoms with Crippen LogP contribution in [0.25, 0.3) is 22.0 Å². The van der Waals surface area contributed by atoms with Crippen molar-refractivity contribution in [1.82, 2.24) is 20.3 Å². The number of aliphatic hydroxyl groups is 1. The molecule has 2 aromatic carbocycles. The average Bonchev–Trinajstić information content (AvgIpc) is 2.93. The van der Waals surface area contributed by atoms with Crippen molar-refractivity contribution in [3.8, 4) is 22.9 Å². The lowest BCUT2D eigenvalue weighted by Gasteiger charge is -2.26. The SMILES string of the molecule is Cc1ccc2c(NCC(O)C(F)(F)F)cccc2c1Oc1ncccc1-c1ccnc(N[C@@H]2CNC[C@@H](F)C2)n1. The predicted octanol–water partition coefficient (Wildman–Crippen LogP) is 5.24. The third-order valence-corrected chi connectivity index (χ3v) is 6.60. The smallest absolute Gasteiger partial charge is 0.416 e. The molecule has 1 fully saturated rings. The molecule has 40 heavy (non-hydrogen) atoms. The molecule has 1 aliphatic rings. The quantitative estimate of drug-likeness (QED) is 0.219. The van der Waals surface area contributed by atoms with E-state index in [1.165, 1.54) is 0 Å². The normalized spacial score (nSPS) is 18.4. The van der Waals surface area contributed by atoms with Crippen LogP contribution < -0.4 is 20.7 Å². The van der Waals surface area contributed by atoms with Gasteiger partial charge in [0.25, 0.3) is 0 Å². The molecule has 0 spiro atoms. The lowest BCUT2D eigenvalue weighted by molar-refractivity contribution is -0.198. The highest BCUT2D eigenvalue weighted by Gasteiger charge is 2.37. The zero-order valence-electron chi connectivity index (χ0n) is 21.5. The molecule has 0 bridgehead atoms. The second-order valence-corrected chi connectivity index (χ2v) is 9.61. The molecule has 0 amide bonds. The molecule has 5 rings (SSSR count). The number of anilines is 2. The second kappa shape index (κ2) is 11.6. The zero-order chi connectivity index (χ0) is 28.3. The van der Waals surface area contributed by atoms with Crippen molar-refractivity contribution in [2.75, 3.05) is 30.3 Å². The Labute approximate surface area is 227 Å². The highest BCUT2D eigenvalue weighted by atomic mass is 19.4. The van der Waals surface area contributed by atoms with Crippen LogP contribution in [0.2, 0.25) is 0 Å². The minimum atomic E-state index is -4.73. The first-order valence-corrected chi connectivity index (χ1v) is 12.8. The van der Waals surface area contributed by atoms with Crippen LogP contribution in [0.4, 0.5) is 29.2 Å². The van der Waals surface area contributed by atoms with Gasteiger partial charge in [0.2, 0.25) is 11.8 Å². The number of hydrogen-bond donors (Lipinski definition) is 4. The fraction of sp³-hybridized carbons (Fsp3) is 0.321. The summed E-state index contributed by atoms with van der Waals surface area (Å²) in [6.45, 7) is 2.09. The Kier molecular flexibility index (Phi) is 7.99. The molecule has 8 nitrogen and oxygen atoms in total. The summed E-state index contributed by atoms with van der Waals surface area (Å²) in [5.41, 5.74) is 2.35. The van der Waals surface area contributed by atoms with E-state index in [-0.39, 0.29) is 11.9 Å². The topological polar surface area (TPSA) is 104 Å². The summed E-state index contributed by atoms with van der Waals surface area (Å²) in [6, 6.07) is 13.8. The molecule has 210 valence electrons. The molecule has 3 atom stereocenters. The van der Waals surface area contributed by atoms with Crippen LogP contribution >= 0.6 is 0 Å². The minimum Gasteiger partial charge on any atom is -0.437 e. The Morgan fingerprint density at radius 3 is 2.70 bits per heavy atom. The number of nitrogens with zero attached hydrogens (tertiary/aromatic N) is 3. The van der Waals surface area contributed by atoms with Crippen molar-refractivity contribution in [3.63, 3.8) is 0 Å². The number of piperidine rings is 1. The number of pyridine rings is 1. The van der Waals surface area contributed by atoms with Gasteiger partial charge in [0.05, 0.1) is 11.3 Å². The second-order valence-electron chi connectivity index (χ2n) is 9.61. The Morgan fingerprint density at radius 2 is 1.90 bits per heavy atom. The van der Waals surface area contributed by atoms with Crippen molar-refractivity contribution < 1.29 is 27.4 Å². The van der Waals surface area contributed by atoms with Crippen molar-refractivity contribution in [2.45, 2.75) is 37.8 Å². The summed E-state index contributed by atoms with van der Waals surface area (Å²) in [7, 11) is 0. The number of ether oxygens (including phenoxy) is 1. The number of aliphatic hydroxyl groups excluding tert-OH is 1. The average molecular weight is 557 g/mol. The number of hydrogen-bond acceptors (Lipinski definition) is 8. The summed E-state index contributed by atoms with van der Waals surface area (Å²) in [5.74, 6) is 1.11. The summed E-state index contributed by atoms with van der Waals surface area (Å²) in [5, 5.41) is 19.6. The van der Waals surface area contributed by atoms with E-state index in [0.717, 1.165) is 5.56 Å². The van der Waals surface area contributed by atoms with Crippen LogP contribution in [0.1, 0.15) is 12.0 Å². The number of fused-ring (bicyclic) bond motifs is 1. The largest absolute Gasteiger partial charge is 0.437 e. The fourth-order valence-electron chi connectivity index (χ4n) is 4.58. The summed E-state index contributed by atoms with van der Waals surface area (Å²) in [6.07, 6.45) is -4.63. The maximum absolute atomic E-state index is 13.8. The maximum Gasteiger partial charge on any atom is 0.416 e. The maximum atomic E-state index is 13.8. The van der Waals surface area contributed by atoms with Crippen molar-refractivity contribution in [2.24, 2.45) is 0 Å². The van der Waals surface area contributed by atoms with Gasteiger partial charge in [-0.2, -0.15) is 13.2 Å². The van der Waals surface area contributed by atoms with E-state index < -0.39 is 25.0 Å². The molecule has 0 saturated carbocycles. The van der Waals surface area contributed by atoms with Gasteiger partial charge in [0, 0.05) is 61.0 Å². The van der Waals surface area contributed by atoms with Crippen molar-refractivity contribution >= 4 is 22.4 Å². The van der Waals surface area contributed by atoms with Gasteiger partial charge in [-0.3, -0.25) is 0 Å². The van der Waals surface area contributed by atoms with E-state index in [1.807, 2.05) is 6.92 Å². The standard InChI is InChI=1S/C28H28F4N6O2/c1-16-7-8-19-20(4-2-6-22(19)36-15-24(39)28(30,31)32)25(16)40-26-21(5-3-10-34-26)23-9-11-35-27(38-23)37-18-12-17(29)13-33-14-18/h2-11,17-18,24,33,36,39H,12-15H2,1H3,(H,35,37,38)/t17-,18-,24?/m0/s1. The molecular formula is C28H28F4N6O2. The van der Waals surface area contributed by atoms with Crippen LogP contribution in [0.3, 0.4) is 0 Å². The van der Waals surface area contributed by atoms with Crippen LogP contribution in [0.15, 0.2) is 60.9 Å². The van der Waals surface area contributed by atoms with Gasteiger partial charge in [-0.05, 0) is 36.8 Å². The van der Waals surface area contributed by atoms with E-state index in [2.05, 4.69) is 30.9 Å². The van der Waals surface area contributed by atoms with Gasteiger partial charge in [-0.25, -0.2) is 19.3 Å². The Morgan fingerprint density at radius 1 is 1.05 bits per heavy atom.